The van der Waals surface area contributed by atoms with Crippen LogP contribution >= 0.6 is 0 Å². The highest BCUT2D eigenvalue weighted by atomic mass is 16.4. The molecule has 1 amide bonds. The third kappa shape index (κ3) is 7.06. The summed E-state index contributed by atoms with van der Waals surface area (Å²) in [6.07, 6.45) is 1.83. The summed E-state index contributed by atoms with van der Waals surface area (Å²) < 4.78 is 0. The van der Waals surface area contributed by atoms with Crippen molar-refractivity contribution in [2.24, 2.45) is 5.92 Å². The van der Waals surface area contributed by atoms with Crippen LogP contribution in [0.15, 0.2) is 30.3 Å². The molecule has 1 fully saturated rings. The Labute approximate surface area is 180 Å². The van der Waals surface area contributed by atoms with Crippen molar-refractivity contribution in [1.29, 1.82) is 0 Å². The minimum absolute atomic E-state index is 0.0341. The number of carboxylic acids is 1. The van der Waals surface area contributed by atoms with Gasteiger partial charge >= 0.3 is 5.97 Å². The Morgan fingerprint density at radius 3 is 2.42 bits per heavy atom. The summed E-state index contributed by atoms with van der Waals surface area (Å²) in [6.45, 7) is 5.13. The lowest BCUT2D eigenvalue weighted by Gasteiger charge is -2.17. The fourth-order valence-electron chi connectivity index (χ4n) is 3.54. The number of aromatic nitrogens is 2. The molecule has 2 aromatic rings. The van der Waals surface area contributed by atoms with Crippen LogP contribution in [0, 0.1) is 5.92 Å². The summed E-state index contributed by atoms with van der Waals surface area (Å²) in [5, 5.41) is 15.7. The third-order valence-electron chi connectivity index (χ3n) is 5.05. The number of carbonyl (C=O) groups excluding carboxylic acids is 1. The van der Waals surface area contributed by atoms with Crippen molar-refractivity contribution in [2.45, 2.75) is 39.0 Å². The molecule has 1 atom stereocenters. The Kier molecular flexibility index (Phi) is 8.48. The SMILES string of the molecule is CC(C)c1cc(C(=O)N2CCC(Cc3ccc(CC(=O)O)cc3)C2)nc(N)n1.O=CO. The Balaban J connectivity index is 0.00000107. The van der Waals surface area contributed by atoms with Crippen molar-refractivity contribution >= 4 is 24.3 Å². The first-order valence-corrected chi connectivity index (χ1v) is 10.0. The van der Waals surface area contributed by atoms with Gasteiger partial charge in [-0.2, -0.15) is 0 Å². The molecule has 0 saturated carbocycles. The molecule has 1 saturated heterocycles. The monoisotopic (exact) mass is 428 g/mol. The number of carboxylic acid groups (broad SMARTS) is 2. The number of nitrogens with two attached hydrogens (primary N) is 1. The average molecular weight is 428 g/mol. The highest BCUT2D eigenvalue weighted by molar-refractivity contribution is 5.92. The van der Waals surface area contributed by atoms with Crippen molar-refractivity contribution in [3.05, 3.63) is 52.8 Å². The number of amides is 1. The zero-order chi connectivity index (χ0) is 23.0. The number of anilines is 1. The molecule has 1 aliphatic heterocycles. The zero-order valence-electron chi connectivity index (χ0n) is 17.7. The van der Waals surface area contributed by atoms with Crippen molar-refractivity contribution in [3.63, 3.8) is 0 Å². The van der Waals surface area contributed by atoms with E-state index in [9.17, 15) is 9.59 Å². The van der Waals surface area contributed by atoms with Crippen molar-refractivity contribution in [1.82, 2.24) is 14.9 Å². The van der Waals surface area contributed by atoms with Crippen LogP contribution in [0.5, 0.6) is 0 Å². The second-order valence-corrected chi connectivity index (χ2v) is 7.79. The topological polar surface area (TPSA) is 147 Å². The average Bonchev–Trinajstić information content (AvgIpc) is 3.17. The van der Waals surface area contributed by atoms with Gasteiger partial charge in [-0.15, -0.1) is 0 Å². The summed E-state index contributed by atoms with van der Waals surface area (Å²) in [7, 11) is 0. The first kappa shape index (κ1) is 23.8. The highest BCUT2D eigenvalue weighted by Crippen LogP contribution is 2.23. The van der Waals surface area contributed by atoms with Gasteiger partial charge in [0, 0.05) is 18.8 Å². The Morgan fingerprint density at radius 2 is 1.84 bits per heavy atom. The molecule has 31 heavy (non-hydrogen) atoms. The van der Waals surface area contributed by atoms with Crippen LogP contribution in [0.4, 0.5) is 5.95 Å². The summed E-state index contributed by atoms with van der Waals surface area (Å²) in [5.41, 5.74) is 8.85. The van der Waals surface area contributed by atoms with Crippen LogP contribution in [0.1, 0.15) is 53.5 Å². The highest BCUT2D eigenvalue weighted by Gasteiger charge is 2.28. The van der Waals surface area contributed by atoms with E-state index in [1.54, 1.807) is 6.07 Å². The fraction of sp³-hybridized carbons (Fsp3) is 0.409. The maximum atomic E-state index is 12.8. The largest absolute Gasteiger partial charge is 0.483 e. The molecule has 0 radical (unpaired) electrons. The number of aliphatic carboxylic acids is 1. The van der Waals surface area contributed by atoms with Gasteiger partial charge in [-0.05, 0) is 41.9 Å². The molecular formula is C22H28N4O5. The van der Waals surface area contributed by atoms with Gasteiger partial charge < -0.3 is 20.8 Å². The maximum absolute atomic E-state index is 12.8. The van der Waals surface area contributed by atoms with E-state index in [0.717, 1.165) is 29.7 Å². The number of benzene rings is 1. The third-order valence-corrected chi connectivity index (χ3v) is 5.05. The quantitative estimate of drug-likeness (QED) is 0.593. The van der Waals surface area contributed by atoms with E-state index in [1.807, 2.05) is 43.0 Å². The number of likely N-dealkylation sites (tertiary alicyclic amines) is 1. The summed E-state index contributed by atoms with van der Waals surface area (Å²) in [4.78, 5) is 42.1. The molecule has 0 bridgehead atoms. The molecule has 0 spiro atoms. The molecule has 4 N–H and O–H groups in total. The summed E-state index contributed by atoms with van der Waals surface area (Å²) in [5.74, 6) is -0.254. The van der Waals surface area contributed by atoms with Crippen LogP contribution in [-0.2, 0) is 22.4 Å². The van der Waals surface area contributed by atoms with E-state index in [-0.39, 0.29) is 30.7 Å². The summed E-state index contributed by atoms with van der Waals surface area (Å²) >= 11 is 0. The first-order valence-electron chi connectivity index (χ1n) is 10.0. The normalized spacial score (nSPS) is 15.3. The van der Waals surface area contributed by atoms with Gasteiger partial charge in [-0.3, -0.25) is 14.4 Å². The van der Waals surface area contributed by atoms with Crippen LogP contribution in [0.2, 0.25) is 0 Å². The van der Waals surface area contributed by atoms with Crippen molar-refractivity contribution in [2.75, 3.05) is 18.8 Å². The van der Waals surface area contributed by atoms with Crippen LogP contribution in [-0.4, -0.2) is 56.5 Å². The van der Waals surface area contributed by atoms with E-state index in [4.69, 9.17) is 20.7 Å². The smallest absolute Gasteiger partial charge is 0.307 e. The lowest BCUT2D eigenvalue weighted by Crippen LogP contribution is -2.30. The molecule has 166 valence electrons. The fourth-order valence-corrected chi connectivity index (χ4v) is 3.54. The van der Waals surface area contributed by atoms with E-state index >= 15 is 0 Å². The van der Waals surface area contributed by atoms with E-state index in [1.165, 1.54) is 0 Å². The van der Waals surface area contributed by atoms with Crippen molar-refractivity contribution < 1.29 is 24.6 Å². The molecular weight excluding hydrogens is 400 g/mol. The van der Waals surface area contributed by atoms with E-state index in [0.29, 0.717) is 24.7 Å². The molecule has 2 heterocycles. The lowest BCUT2D eigenvalue weighted by molar-refractivity contribution is -0.136. The van der Waals surface area contributed by atoms with Gasteiger partial charge in [0.05, 0.1) is 6.42 Å². The number of carbonyl (C=O) groups is 3. The maximum Gasteiger partial charge on any atom is 0.307 e. The number of hydrogen-bond acceptors (Lipinski definition) is 6. The second kappa shape index (κ2) is 11.1. The van der Waals surface area contributed by atoms with Gasteiger partial charge in [0.1, 0.15) is 5.69 Å². The van der Waals surface area contributed by atoms with Crippen LogP contribution < -0.4 is 5.73 Å². The molecule has 9 heteroatoms. The second-order valence-electron chi connectivity index (χ2n) is 7.79. The Bertz CT molecular complexity index is 915. The number of hydrogen-bond donors (Lipinski definition) is 3. The van der Waals surface area contributed by atoms with Gasteiger partial charge in [0.2, 0.25) is 5.95 Å². The Hall–Kier alpha value is -3.49. The minimum atomic E-state index is -0.830. The Morgan fingerprint density at radius 1 is 1.23 bits per heavy atom. The molecule has 9 nitrogen and oxygen atoms in total. The predicted octanol–water partition coefficient (Wildman–Crippen LogP) is 2.21. The molecule has 0 aliphatic carbocycles. The van der Waals surface area contributed by atoms with Gasteiger partial charge in [0.15, 0.2) is 0 Å². The van der Waals surface area contributed by atoms with Crippen LogP contribution in [0.3, 0.4) is 0 Å². The van der Waals surface area contributed by atoms with E-state index < -0.39 is 5.97 Å². The predicted molar refractivity (Wildman–Crippen MR) is 115 cm³/mol. The van der Waals surface area contributed by atoms with Crippen LogP contribution in [0.25, 0.3) is 0 Å². The van der Waals surface area contributed by atoms with Gasteiger partial charge in [0.25, 0.3) is 12.4 Å². The zero-order valence-corrected chi connectivity index (χ0v) is 17.7. The van der Waals surface area contributed by atoms with Gasteiger partial charge in [-0.1, -0.05) is 38.1 Å². The lowest BCUT2D eigenvalue weighted by atomic mass is 9.97. The minimum Gasteiger partial charge on any atom is -0.483 e. The first-order chi connectivity index (χ1) is 14.7. The van der Waals surface area contributed by atoms with Crippen molar-refractivity contribution in [3.8, 4) is 0 Å². The molecule has 1 aliphatic rings. The molecule has 3 rings (SSSR count). The molecule has 1 unspecified atom stereocenters. The number of rotatable bonds is 6. The number of nitrogen functional groups attached to an aromatic ring is 1. The molecule has 1 aromatic carbocycles. The van der Waals surface area contributed by atoms with Gasteiger partial charge in [-0.25, -0.2) is 9.97 Å². The summed E-state index contributed by atoms with van der Waals surface area (Å²) in [6, 6.07) is 9.40. The molecule has 1 aromatic heterocycles. The number of nitrogens with zero attached hydrogens (tertiary/aromatic N) is 3. The van der Waals surface area contributed by atoms with E-state index in [2.05, 4.69) is 9.97 Å². The standard InChI is InChI=1S/C21H26N4O3.CH2O2/c1-13(2)17-11-18(24-21(22)23-17)20(28)25-8-7-16(12-25)9-14-3-5-15(6-4-14)10-19(26)27;2-1-3/h3-6,11,13,16H,7-10,12H2,1-2H3,(H,26,27)(H2,22,23,24);1H,(H,2,3).